The molecule has 142 valence electrons. The van der Waals surface area contributed by atoms with Crippen LogP contribution in [0.25, 0.3) is 0 Å². The second-order valence-electron chi connectivity index (χ2n) is 6.83. The fraction of sp³-hybridized carbons (Fsp3) is 0.364. The van der Waals surface area contributed by atoms with Gasteiger partial charge in [0.25, 0.3) is 0 Å². The number of hydrogen-bond acceptors (Lipinski definition) is 3. The van der Waals surface area contributed by atoms with Crippen molar-refractivity contribution in [2.75, 3.05) is 13.1 Å². The van der Waals surface area contributed by atoms with Crippen LogP contribution in [0.3, 0.4) is 0 Å². The number of amides is 2. The van der Waals surface area contributed by atoms with Crippen molar-refractivity contribution in [3.63, 3.8) is 0 Å². The van der Waals surface area contributed by atoms with Gasteiger partial charge in [0.2, 0.25) is 0 Å². The average Bonchev–Trinajstić information content (AvgIpc) is 2.73. The normalized spacial score (nSPS) is 15.0. The summed E-state index contributed by atoms with van der Waals surface area (Å²) in [5, 5.41) is 2.88. The molecule has 1 saturated heterocycles. The number of hydrogen-bond donors (Lipinski definition) is 1. The van der Waals surface area contributed by atoms with Crippen molar-refractivity contribution in [3.05, 3.63) is 71.8 Å². The van der Waals surface area contributed by atoms with Gasteiger partial charge in [0, 0.05) is 19.5 Å². The summed E-state index contributed by atoms with van der Waals surface area (Å²) in [6.07, 6.45) is 3.58. The van der Waals surface area contributed by atoms with Crippen LogP contribution in [0, 0.1) is 0 Å². The molecule has 5 nitrogen and oxygen atoms in total. The first-order valence-electron chi connectivity index (χ1n) is 9.52. The summed E-state index contributed by atoms with van der Waals surface area (Å²) in [7, 11) is 0. The monoisotopic (exact) mass is 366 g/mol. The van der Waals surface area contributed by atoms with Crippen molar-refractivity contribution in [1.29, 1.82) is 0 Å². The Balaban J connectivity index is 1.64. The van der Waals surface area contributed by atoms with Gasteiger partial charge in [-0.15, -0.1) is 0 Å². The zero-order valence-corrected chi connectivity index (χ0v) is 15.5. The van der Waals surface area contributed by atoms with Crippen LogP contribution in [0.15, 0.2) is 60.7 Å². The van der Waals surface area contributed by atoms with E-state index in [1.807, 2.05) is 60.7 Å². The number of ether oxygens (including phenoxy) is 1. The number of nitrogens with zero attached hydrogens (tertiary/aromatic N) is 1. The Morgan fingerprint density at radius 1 is 0.889 bits per heavy atom. The Morgan fingerprint density at radius 2 is 1.48 bits per heavy atom. The Hall–Kier alpha value is -2.82. The predicted octanol–water partition coefficient (Wildman–Crippen LogP) is 3.54. The molecule has 0 radical (unpaired) electrons. The van der Waals surface area contributed by atoms with Gasteiger partial charge in [-0.05, 0) is 30.4 Å². The van der Waals surface area contributed by atoms with Gasteiger partial charge >= 0.3 is 12.0 Å². The summed E-state index contributed by atoms with van der Waals surface area (Å²) in [6, 6.07) is 18.3. The van der Waals surface area contributed by atoms with Gasteiger partial charge in [-0.1, -0.05) is 60.7 Å². The second kappa shape index (κ2) is 9.76. The van der Waals surface area contributed by atoms with E-state index in [-0.39, 0.29) is 12.6 Å². The molecule has 0 unspecified atom stereocenters. The Labute approximate surface area is 160 Å². The maximum absolute atomic E-state index is 12.7. The number of benzene rings is 2. The minimum atomic E-state index is -0.703. The highest BCUT2D eigenvalue weighted by Crippen LogP contribution is 2.11. The molecule has 0 spiro atoms. The first kappa shape index (κ1) is 19.0. The van der Waals surface area contributed by atoms with Gasteiger partial charge in [-0.25, -0.2) is 9.59 Å². The van der Waals surface area contributed by atoms with Crippen LogP contribution < -0.4 is 5.32 Å². The predicted molar refractivity (Wildman–Crippen MR) is 104 cm³/mol. The van der Waals surface area contributed by atoms with E-state index in [1.54, 1.807) is 4.90 Å². The summed E-state index contributed by atoms with van der Waals surface area (Å²) in [6.45, 7) is 1.68. The number of piperidine rings is 1. The van der Waals surface area contributed by atoms with Crippen LogP contribution in [-0.4, -0.2) is 36.0 Å². The van der Waals surface area contributed by atoms with Crippen LogP contribution in [0.5, 0.6) is 0 Å². The maximum Gasteiger partial charge on any atom is 0.329 e. The first-order valence-corrected chi connectivity index (χ1v) is 9.52. The molecule has 2 amide bonds. The number of esters is 1. The first-order chi connectivity index (χ1) is 13.2. The number of urea groups is 1. The zero-order valence-electron chi connectivity index (χ0n) is 15.5. The van der Waals surface area contributed by atoms with Gasteiger partial charge in [-0.2, -0.15) is 0 Å². The van der Waals surface area contributed by atoms with Crippen LogP contribution >= 0.6 is 0 Å². The number of rotatable bonds is 6. The minimum absolute atomic E-state index is 0.188. The van der Waals surface area contributed by atoms with Crippen molar-refractivity contribution in [3.8, 4) is 0 Å². The van der Waals surface area contributed by atoms with Gasteiger partial charge in [0.05, 0.1) is 0 Å². The summed E-state index contributed by atoms with van der Waals surface area (Å²) in [4.78, 5) is 27.1. The maximum atomic E-state index is 12.7. The third-order valence-corrected chi connectivity index (χ3v) is 4.73. The molecule has 5 heteroatoms. The molecule has 1 aliphatic heterocycles. The molecule has 0 bridgehead atoms. The molecule has 27 heavy (non-hydrogen) atoms. The third-order valence-electron chi connectivity index (χ3n) is 4.73. The molecule has 1 atom stereocenters. The van der Waals surface area contributed by atoms with Gasteiger partial charge in [0.15, 0.2) is 0 Å². The van der Waals surface area contributed by atoms with Crippen molar-refractivity contribution in [1.82, 2.24) is 10.2 Å². The fourth-order valence-electron chi connectivity index (χ4n) is 3.21. The number of likely N-dealkylation sites (tertiary alicyclic amines) is 1. The molecule has 1 fully saturated rings. The number of carbonyl (C=O) groups excluding carboxylic acids is 2. The van der Waals surface area contributed by atoms with Crippen molar-refractivity contribution in [2.45, 2.75) is 38.3 Å². The third kappa shape index (κ3) is 5.84. The highest BCUT2D eigenvalue weighted by Gasteiger charge is 2.26. The van der Waals surface area contributed by atoms with Crippen LogP contribution in [-0.2, 0) is 22.6 Å². The second-order valence-corrected chi connectivity index (χ2v) is 6.83. The minimum Gasteiger partial charge on any atom is -0.459 e. The lowest BCUT2D eigenvalue weighted by molar-refractivity contribution is -0.147. The van der Waals surface area contributed by atoms with Crippen molar-refractivity contribution < 1.29 is 14.3 Å². The van der Waals surface area contributed by atoms with Crippen LogP contribution in [0.4, 0.5) is 4.79 Å². The Morgan fingerprint density at radius 3 is 2.11 bits per heavy atom. The summed E-state index contributed by atoms with van der Waals surface area (Å²) in [5.74, 6) is -0.409. The van der Waals surface area contributed by atoms with E-state index in [0.29, 0.717) is 6.42 Å². The van der Waals surface area contributed by atoms with Crippen LogP contribution in [0.1, 0.15) is 30.4 Å². The lowest BCUT2D eigenvalue weighted by Crippen LogP contribution is -2.50. The summed E-state index contributed by atoms with van der Waals surface area (Å²) >= 11 is 0. The molecule has 1 heterocycles. The lowest BCUT2D eigenvalue weighted by atomic mass is 10.1. The lowest BCUT2D eigenvalue weighted by Gasteiger charge is -2.28. The molecule has 1 N–H and O–H groups in total. The average molecular weight is 366 g/mol. The Bertz CT molecular complexity index is 728. The molecular formula is C22H26N2O3. The summed E-state index contributed by atoms with van der Waals surface area (Å²) < 4.78 is 5.48. The molecule has 0 aliphatic carbocycles. The number of carbonyl (C=O) groups is 2. The quantitative estimate of drug-likeness (QED) is 0.796. The van der Waals surface area contributed by atoms with Crippen molar-refractivity contribution >= 4 is 12.0 Å². The van der Waals surface area contributed by atoms with Crippen molar-refractivity contribution in [2.24, 2.45) is 0 Å². The van der Waals surface area contributed by atoms with Gasteiger partial charge in [0.1, 0.15) is 12.6 Å². The molecular weight excluding hydrogens is 340 g/mol. The highest BCUT2D eigenvalue weighted by atomic mass is 16.5. The smallest absolute Gasteiger partial charge is 0.329 e. The molecule has 2 aromatic carbocycles. The van der Waals surface area contributed by atoms with Gasteiger partial charge < -0.3 is 15.0 Å². The van der Waals surface area contributed by atoms with Gasteiger partial charge in [-0.3, -0.25) is 0 Å². The van der Waals surface area contributed by atoms with E-state index >= 15 is 0 Å². The molecule has 0 saturated carbocycles. The van der Waals surface area contributed by atoms with E-state index in [0.717, 1.165) is 43.5 Å². The summed E-state index contributed by atoms with van der Waals surface area (Å²) in [5.41, 5.74) is 1.91. The fourth-order valence-corrected chi connectivity index (χ4v) is 3.21. The van der Waals surface area contributed by atoms with E-state index in [1.165, 1.54) is 0 Å². The number of nitrogens with one attached hydrogen (secondary N) is 1. The van der Waals surface area contributed by atoms with E-state index in [9.17, 15) is 9.59 Å². The Kier molecular flexibility index (Phi) is 6.85. The zero-order chi connectivity index (χ0) is 18.9. The van der Waals surface area contributed by atoms with E-state index in [2.05, 4.69) is 5.32 Å². The largest absolute Gasteiger partial charge is 0.459 e. The highest BCUT2D eigenvalue weighted by molar-refractivity contribution is 5.84. The van der Waals surface area contributed by atoms with E-state index in [4.69, 9.17) is 4.74 Å². The molecule has 0 aromatic heterocycles. The van der Waals surface area contributed by atoms with E-state index < -0.39 is 12.0 Å². The topological polar surface area (TPSA) is 58.6 Å². The molecule has 1 aliphatic rings. The van der Waals surface area contributed by atoms with Crippen LogP contribution in [0.2, 0.25) is 0 Å². The molecule has 3 rings (SSSR count). The standard InChI is InChI=1S/C22H26N2O3/c25-21(27-17-19-12-6-2-7-13-19)20(16-18-10-4-1-5-11-18)23-22(26)24-14-8-3-9-15-24/h1-2,4-7,10-13,20H,3,8-9,14-17H2,(H,23,26)/t20-/m0/s1. The molecule has 2 aromatic rings. The SMILES string of the molecule is O=C(OCc1ccccc1)[C@H](Cc1ccccc1)NC(=O)N1CCCCC1.